The van der Waals surface area contributed by atoms with Crippen LogP contribution in [0.3, 0.4) is 0 Å². The first-order valence-corrected chi connectivity index (χ1v) is 7.47. The van der Waals surface area contributed by atoms with Crippen molar-refractivity contribution in [3.63, 3.8) is 0 Å². The van der Waals surface area contributed by atoms with Gasteiger partial charge in [0.05, 0.1) is 0 Å². The van der Waals surface area contributed by atoms with E-state index < -0.39 is 12.0 Å². The Labute approximate surface area is 126 Å². The third-order valence-corrected chi connectivity index (χ3v) is 4.24. The Morgan fingerprint density at radius 2 is 2.30 bits per heavy atom. The molecule has 2 heterocycles. The molecule has 0 bridgehead atoms. The molecule has 1 aliphatic rings. The normalized spacial score (nSPS) is 22.6. The Balaban J connectivity index is 2.21. The third-order valence-electron chi connectivity index (χ3n) is 3.81. The highest BCUT2D eigenvalue weighted by Crippen LogP contribution is 2.27. The van der Waals surface area contributed by atoms with E-state index in [1.165, 1.54) is 11.1 Å². The summed E-state index contributed by atoms with van der Waals surface area (Å²) in [5.41, 5.74) is 0.466. The van der Waals surface area contributed by atoms with Gasteiger partial charge in [-0.25, -0.2) is 9.78 Å². The van der Waals surface area contributed by atoms with E-state index in [1.807, 2.05) is 0 Å². The highest BCUT2D eigenvalue weighted by molar-refractivity contribution is 9.10. The van der Waals surface area contributed by atoms with E-state index >= 15 is 0 Å². The predicted molar refractivity (Wildman–Crippen MR) is 77.4 cm³/mol. The zero-order valence-corrected chi connectivity index (χ0v) is 12.8. The zero-order valence-electron chi connectivity index (χ0n) is 11.3. The second kappa shape index (κ2) is 6.35. The molecule has 0 spiro atoms. The number of carboxylic acids is 1. The molecule has 2 atom stereocenters. The van der Waals surface area contributed by atoms with Crippen LogP contribution in [0.2, 0.25) is 0 Å². The second-order valence-corrected chi connectivity index (χ2v) is 5.83. The molecule has 0 saturated carbocycles. The fraction of sp³-hybridized carbons (Fsp3) is 0.500. The van der Waals surface area contributed by atoms with Gasteiger partial charge in [0.1, 0.15) is 10.6 Å². The predicted octanol–water partition coefficient (Wildman–Crippen LogP) is 2.56. The van der Waals surface area contributed by atoms with Crippen molar-refractivity contribution in [1.29, 1.82) is 0 Å². The molecule has 1 aliphatic heterocycles. The molecule has 0 radical (unpaired) electrons. The Bertz CT molecular complexity index is 521. The monoisotopic (exact) mass is 340 g/mol. The number of hydrogen-bond acceptors (Lipinski definition) is 3. The summed E-state index contributed by atoms with van der Waals surface area (Å²) in [5.74, 6) is -0.788. The minimum atomic E-state index is -0.926. The van der Waals surface area contributed by atoms with Gasteiger partial charge in [-0.05, 0) is 46.8 Å². The number of pyridine rings is 1. The number of piperidine rings is 1. The number of aliphatic carboxylic acids is 1. The van der Waals surface area contributed by atoms with Crippen molar-refractivity contribution in [2.24, 2.45) is 5.92 Å². The molecule has 1 N–H and O–H groups in total. The number of carbonyl (C=O) groups is 2. The zero-order chi connectivity index (χ0) is 14.7. The summed E-state index contributed by atoms with van der Waals surface area (Å²) in [5, 5.41) is 9.36. The molecule has 1 aromatic heterocycles. The minimum absolute atomic E-state index is 0.241. The first-order chi connectivity index (χ1) is 9.52. The Morgan fingerprint density at radius 3 is 2.90 bits per heavy atom. The first-order valence-electron chi connectivity index (χ1n) is 6.68. The summed E-state index contributed by atoms with van der Waals surface area (Å²) in [4.78, 5) is 29.3. The highest BCUT2D eigenvalue weighted by atomic mass is 79.9. The van der Waals surface area contributed by atoms with E-state index in [4.69, 9.17) is 0 Å². The van der Waals surface area contributed by atoms with Gasteiger partial charge >= 0.3 is 5.97 Å². The van der Waals surface area contributed by atoms with Gasteiger partial charge in [0.25, 0.3) is 5.91 Å². The summed E-state index contributed by atoms with van der Waals surface area (Å²) in [6.07, 6.45) is 3.88. The van der Waals surface area contributed by atoms with E-state index in [9.17, 15) is 14.7 Å². The molecule has 20 heavy (non-hydrogen) atoms. The SMILES string of the molecule is CCC1CCN(C(=O)c2ccnc(Br)c2)C(C(=O)O)C1. The molecule has 6 heteroatoms. The molecule has 1 fully saturated rings. The number of hydrogen-bond donors (Lipinski definition) is 1. The molecular weight excluding hydrogens is 324 g/mol. The van der Waals surface area contributed by atoms with Crippen LogP contribution in [0, 0.1) is 5.92 Å². The number of aromatic nitrogens is 1. The quantitative estimate of drug-likeness (QED) is 0.858. The van der Waals surface area contributed by atoms with Crippen LogP contribution in [0.1, 0.15) is 36.5 Å². The largest absolute Gasteiger partial charge is 0.480 e. The molecule has 108 valence electrons. The standard InChI is InChI=1S/C14H17BrN2O3/c1-2-9-4-6-17(11(7-9)14(19)20)13(18)10-3-5-16-12(15)8-10/h3,5,8-9,11H,2,4,6-7H2,1H3,(H,19,20). The van der Waals surface area contributed by atoms with Gasteiger partial charge in [0.2, 0.25) is 0 Å². The Morgan fingerprint density at radius 1 is 1.55 bits per heavy atom. The van der Waals surface area contributed by atoms with E-state index in [0.717, 1.165) is 12.8 Å². The molecule has 5 nitrogen and oxygen atoms in total. The summed E-state index contributed by atoms with van der Waals surface area (Å²) < 4.78 is 0.568. The Hall–Kier alpha value is -1.43. The van der Waals surface area contributed by atoms with Crippen LogP contribution in [0.15, 0.2) is 22.9 Å². The number of rotatable bonds is 3. The number of nitrogens with zero attached hydrogens (tertiary/aromatic N) is 2. The van der Waals surface area contributed by atoms with Crippen molar-refractivity contribution in [3.05, 3.63) is 28.5 Å². The molecule has 2 unspecified atom stereocenters. The van der Waals surface area contributed by atoms with Crippen LogP contribution >= 0.6 is 15.9 Å². The van der Waals surface area contributed by atoms with Gasteiger partial charge in [-0.15, -0.1) is 0 Å². The van der Waals surface area contributed by atoms with Gasteiger partial charge < -0.3 is 10.0 Å². The summed E-state index contributed by atoms with van der Waals surface area (Å²) >= 11 is 3.22. The van der Waals surface area contributed by atoms with Gasteiger partial charge in [-0.3, -0.25) is 4.79 Å². The van der Waals surface area contributed by atoms with Crippen molar-refractivity contribution < 1.29 is 14.7 Å². The molecule has 0 aromatic carbocycles. The number of likely N-dealkylation sites (tertiary alicyclic amines) is 1. The average Bonchev–Trinajstić information content (AvgIpc) is 2.45. The number of halogens is 1. The maximum atomic E-state index is 12.5. The molecular formula is C14H17BrN2O3. The molecule has 1 aromatic rings. The van der Waals surface area contributed by atoms with E-state index in [2.05, 4.69) is 27.8 Å². The lowest BCUT2D eigenvalue weighted by molar-refractivity contribution is -0.144. The lowest BCUT2D eigenvalue weighted by atomic mass is 9.88. The van der Waals surface area contributed by atoms with E-state index in [1.54, 1.807) is 12.1 Å². The molecule has 1 amide bonds. The van der Waals surface area contributed by atoms with Gasteiger partial charge in [0, 0.05) is 18.3 Å². The third kappa shape index (κ3) is 3.17. The minimum Gasteiger partial charge on any atom is -0.480 e. The van der Waals surface area contributed by atoms with Crippen molar-refractivity contribution in [1.82, 2.24) is 9.88 Å². The molecule has 0 aliphatic carbocycles. The van der Waals surface area contributed by atoms with Crippen LogP contribution in [0.4, 0.5) is 0 Å². The fourth-order valence-corrected chi connectivity index (χ4v) is 2.95. The average molecular weight is 341 g/mol. The summed E-state index contributed by atoms with van der Waals surface area (Å²) in [6.45, 7) is 2.55. The van der Waals surface area contributed by atoms with Gasteiger partial charge in [0.15, 0.2) is 0 Å². The maximum absolute atomic E-state index is 12.5. The fourth-order valence-electron chi connectivity index (χ4n) is 2.59. The molecule has 1 saturated heterocycles. The summed E-state index contributed by atoms with van der Waals surface area (Å²) in [7, 11) is 0. The van der Waals surface area contributed by atoms with Crippen LogP contribution in [0.5, 0.6) is 0 Å². The first kappa shape index (κ1) is 15.0. The smallest absolute Gasteiger partial charge is 0.326 e. The number of amides is 1. The van der Waals surface area contributed by atoms with Crippen LogP contribution < -0.4 is 0 Å². The van der Waals surface area contributed by atoms with Gasteiger partial charge in [-0.2, -0.15) is 0 Å². The van der Waals surface area contributed by atoms with Crippen LogP contribution in [-0.2, 0) is 4.79 Å². The van der Waals surface area contributed by atoms with Crippen molar-refractivity contribution in [3.8, 4) is 0 Å². The molecule has 2 rings (SSSR count). The van der Waals surface area contributed by atoms with Gasteiger partial charge in [-0.1, -0.05) is 13.3 Å². The van der Waals surface area contributed by atoms with Crippen molar-refractivity contribution in [2.75, 3.05) is 6.54 Å². The van der Waals surface area contributed by atoms with Crippen LogP contribution in [0.25, 0.3) is 0 Å². The van der Waals surface area contributed by atoms with E-state index in [0.29, 0.717) is 29.1 Å². The lowest BCUT2D eigenvalue weighted by Crippen LogP contribution is -2.50. The highest BCUT2D eigenvalue weighted by Gasteiger charge is 2.35. The van der Waals surface area contributed by atoms with Crippen molar-refractivity contribution >= 4 is 27.8 Å². The van der Waals surface area contributed by atoms with Crippen LogP contribution in [-0.4, -0.2) is 39.5 Å². The maximum Gasteiger partial charge on any atom is 0.326 e. The Kier molecular flexibility index (Phi) is 4.75. The van der Waals surface area contributed by atoms with E-state index in [-0.39, 0.29) is 5.91 Å². The second-order valence-electron chi connectivity index (χ2n) is 5.02. The summed E-state index contributed by atoms with van der Waals surface area (Å²) in [6, 6.07) is 2.50. The number of carboxylic acid groups (broad SMARTS) is 1. The topological polar surface area (TPSA) is 70.5 Å². The lowest BCUT2D eigenvalue weighted by Gasteiger charge is -2.37. The van der Waals surface area contributed by atoms with Crippen molar-refractivity contribution in [2.45, 2.75) is 32.2 Å². The number of carbonyl (C=O) groups excluding carboxylic acids is 1.